The van der Waals surface area contributed by atoms with E-state index in [-0.39, 0.29) is 23.4 Å². The van der Waals surface area contributed by atoms with Crippen molar-refractivity contribution in [2.75, 3.05) is 13.7 Å². The molecule has 0 aliphatic heterocycles. The third-order valence-electron chi connectivity index (χ3n) is 3.57. The van der Waals surface area contributed by atoms with Gasteiger partial charge in [0.1, 0.15) is 0 Å². The Morgan fingerprint density at radius 1 is 1.26 bits per heavy atom. The number of benzene rings is 1. The Hall–Kier alpha value is -2.38. The molecule has 0 N–H and O–H groups in total. The summed E-state index contributed by atoms with van der Waals surface area (Å²) in [5.74, 6) is 0. The summed E-state index contributed by atoms with van der Waals surface area (Å²) >= 11 is 6.02. The van der Waals surface area contributed by atoms with Crippen LogP contribution in [-0.4, -0.2) is 32.5 Å². The largest absolute Gasteiger partial charge is 0.383 e. The molecule has 23 heavy (non-hydrogen) atoms. The van der Waals surface area contributed by atoms with Crippen LogP contribution in [0.5, 0.6) is 0 Å². The van der Waals surface area contributed by atoms with Gasteiger partial charge in [0.05, 0.1) is 13.2 Å². The van der Waals surface area contributed by atoms with Crippen molar-refractivity contribution in [1.82, 2.24) is 18.7 Å². The van der Waals surface area contributed by atoms with Crippen molar-refractivity contribution in [2.24, 2.45) is 0 Å². The topological polar surface area (TPSA) is 70.5 Å². The normalized spacial score (nSPS) is 11.3. The first-order chi connectivity index (χ1) is 11.0. The average Bonchev–Trinajstić information content (AvgIpc) is 2.86. The maximum Gasteiger partial charge on any atom is 0.350 e. The number of hydrogen-bond donors (Lipinski definition) is 0. The number of aryl methyl sites for hydroxylation is 1. The maximum absolute atomic E-state index is 12.6. The number of ether oxygens (including phenoxy) is 1. The minimum atomic E-state index is -0.373. The molecule has 8 heteroatoms. The first kappa shape index (κ1) is 15.5. The lowest BCUT2D eigenvalue weighted by atomic mass is 10.2. The van der Waals surface area contributed by atoms with Gasteiger partial charge in [-0.1, -0.05) is 11.6 Å². The summed E-state index contributed by atoms with van der Waals surface area (Å²) in [5, 5.41) is 4.73. The fourth-order valence-corrected chi connectivity index (χ4v) is 2.43. The standard InChI is InChI=1S/C15H15ClN4O3/c1-10-9-11(3-4-12(10)16)18-5-6-19-13(14(18)21)17-20(15(19)22)7-8-23-2/h3-6,9H,7-8H2,1-2H3. The number of hydrogen-bond acceptors (Lipinski definition) is 4. The molecular weight excluding hydrogens is 320 g/mol. The van der Waals surface area contributed by atoms with E-state index < -0.39 is 0 Å². The van der Waals surface area contributed by atoms with Crippen LogP contribution in [0, 0.1) is 6.92 Å². The van der Waals surface area contributed by atoms with Crippen molar-refractivity contribution in [3.8, 4) is 5.69 Å². The molecule has 0 fully saturated rings. The predicted octanol–water partition coefficient (Wildman–Crippen LogP) is 1.26. The van der Waals surface area contributed by atoms with Crippen molar-refractivity contribution < 1.29 is 4.74 Å². The van der Waals surface area contributed by atoms with Crippen molar-refractivity contribution >= 4 is 17.2 Å². The summed E-state index contributed by atoms with van der Waals surface area (Å²) in [6.45, 7) is 2.49. The van der Waals surface area contributed by atoms with Crippen molar-refractivity contribution in [2.45, 2.75) is 13.5 Å². The van der Waals surface area contributed by atoms with Crippen LogP contribution in [0.3, 0.4) is 0 Å². The van der Waals surface area contributed by atoms with Gasteiger partial charge < -0.3 is 4.74 Å². The Morgan fingerprint density at radius 3 is 2.74 bits per heavy atom. The molecule has 2 aromatic heterocycles. The highest BCUT2D eigenvalue weighted by Crippen LogP contribution is 2.18. The van der Waals surface area contributed by atoms with Gasteiger partial charge in [0.25, 0.3) is 0 Å². The number of fused-ring (bicyclic) bond motifs is 1. The molecule has 0 bridgehead atoms. The fraction of sp³-hybridized carbons (Fsp3) is 0.267. The van der Waals surface area contributed by atoms with Crippen LogP contribution >= 0.6 is 11.6 Å². The van der Waals surface area contributed by atoms with E-state index >= 15 is 0 Å². The van der Waals surface area contributed by atoms with E-state index in [1.807, 2.05) is 6.92 Å². The maximum atomic E-state index is 12.6. The molecule has 1 aromatic carbocycles. The number of nitrogens with zero attached hydrogens (tertiary/aromatic N) is 4. The van der Waals surface area contributed by atoms with Gasteiger partial charge in [-0.3, -0.25) is 9.36 Å². The molecule has 0 amide bonds. The van der Waals surface area contributed by atoms with Crippen molar-refractivity contribution in [3.05, 3.63) is 62.0 Å². The fourth-order valence-electron chi connectivity index (χ4n) is 2.31. The lowest BCUT2D eigenvalue weighted by Crippen LogP contribution is -2.24. The van der Waals surface area contributed by atoms with Crippen LogP contribution in [0.1, 0.15) is 5.56 Å². The molecule has 7 nitrogen and oxygen atoms in total. The van der Waals surface area contributed by atoms with Crippen LogP contribution < -0.4 is 11.2 Å². The summed E-state index contributed by atoms with van der Waals surface area (Å²) in [6, 6.07) is 5.28. The summed E-state index contributed by atoms with van der Waals surface area (Å²) in [7, 11) is 1.54. The first-order valence-electron chi connectivity index (χ1n) is 6.99. The molecule has 0 spiro atoms. The van der Waals surface area contributed by atoms with Crippen molar-refractivity contribution in [1.29, 1.82) is 0 Å². The summed E-state index contributed by atoms with van der Waals surface area (Å²) in [5.41, 5.74) is 0.856. The van der Waals surface area contributed by atoms with Gasteiger partial charge in [0.15, 0.2) is 0 Å². The second kappa shape index (κ2) is 6.02. The third kappa shape index (κ3) is 2.69. The molecule has 0 saturated carbocycles. The first-order valence-corrected chi connectivity index (χ1v) is 7.37. The highest BCUT2D eigenvalue weighted by molar-refractivity contribution is 6.31. The monoisotopic (exact) mass is 334 g/mol. The molecule has 2 heterocycles. The molecule has 120 valence electrons. The molecule has 0 atom stereocenters. The van der Waals surface area contributed by atoms with Gasteiger partial charge in [-0.05, 0) is 30.7 Å². The number of methoxy groups -OCH3 is 1. The minimum absolute atomic E-state index is 0.0706. The van der Waals surface area contributed by atoms with Gasteiger partial charge >= 0.3 is 11.2 Å². The lowest BCUT2D eigenvalue weighted by Gasteiger charge is -2.07. The van der Waals surface area contributed by atoms with Crippen LogP contribution in [0.2, 0.25) is 5.02 Å². The quantitative estimate of drug-likeness (QED) is 0.720. The highest BCUT2D eigenvalue weighted by Gasteiger charge is 2.12. The van der Waals surface area contributed by atoms with Crippen LogP contribution in [0.4, 0.5) is 0 Å². The molecule has 0 unspecified atom stereocenters. The third-order valence-corrected chi connectivity index (χ3v) is 4.00. The summed E-state index contributed by atoms with van der Waals surface area (Å²) in [6.07, 6.45) is 3.07. The van der Waals surface area contributed by atoms with Gasteiger partial charge in [0.2, 0.25) is 5.65 Å². The van der Waals surface area contributed by atoms with Crippen LogP contribution in [0.25, 0.3) is 11.3 Å². The van der Waals surface area contributed by atoms with Crippen LogP contribution in [0.15, 0.2) is 40.2 Å². The van der Waals surface area contributed by atoms with E-state index in [9.17, 15) is 9.59 Å². The minimum Gasteiger partial charge on any atom is -0.383 e. The SMILES string of the molecule is COCCn1nc2c(=O)n(-c3ccc(Cl)c(C)c3)ccn2c1=O. The second-order valence-electron chi connectivity index (χ2n) is 5.10. The van der Waals surface area contributed by atoms with Crippen molar-refractivity contribution in [3.63, 3.8) is 0 Å². The Balaban J connectivity index is 2.17. The van der Waals surface area contributed by atoms with Gasteiger partial charge in [-0.2, -0.15) is 0 Å². The summed E-state index contributed by atoms with van der Waals surface area (Å²) < 4.78 is 8.83. The van der Waals surface area contributed by atoms with E-state index in [0.29, 0.717) is 17.3 Å². The van der Waals surface area contributed by atoms with E-state index in [0.717, 1.165) is 5.56 Å². The number of aromatic nitrogens is 4. The van der Waals surface area contributed by atoms with E-state index in [4.69, 9.17) is 16.3 Å². The number of rotatable bonds is 4. The zero-order valence-electron chi connectivity index (χ0n) is 12.7. The Labute approximate surface area is 136 Å². The zero-order valence-corrected chi connectivity index (χ0v) is 13.4. The Bertz CT molecular complexity index is 987. The molecule has 0 saturated heterocycles. The molecule has 0 aliphatic carbocycles. The van der Waals surface area contributed by atoms with Gasteiger partial charge in [-0.25, -0.2) is 13.9 Å². The van der Waals surface area contributed by atoms with Gasteiger partial charge in [0, 0.05) is 30.2 Å². The molecule has 0 radical (unpaired) electrons. The Morgan fingerprint density at radius 2 is 2.04 bits per heavy atom. The van der Waals surface area contributed by atoms with E-state index in [2.05, 4.69) is 5.10 Å². The van der Waals surface area contributed by atoms with Crippen LogP contribution in [-0.2, 0) is 11.3 Å². The van der Waals surface area contributed by atoms with E-state index in [1.165, 1.54) is 27.0 Å². The predicted molar refractivity (Wildman–Crippen MR) is 86.7 cm³/mol. The molecule has 0 aliphatic rings. The lowest BCUT2D eigenvalue weighted by molar-refractivity contribution is 0.182. The average molecular weight is 335 g/mol. The molecular formula is C15H15ClN4O3. The molecule has 3 aromatic rings. The smallest absolute Gasteiger partial charge is 0.350 e. The number of halogens is 1. The van der Waals surface area contributed by atoms with E-state index in [1.54, 1.807) is 24.4 Å². The zero-order chi connectivity index (χ0) is 16.6. The van der Waals surface area contributed by atoms with Gasteiger partial charge in [-0.15, -0.1) is 5.10 Å². The Kier molecular flexibility index (Phi) is 4.06. The summed E-state index contributed by atoms with van der Waals surface area (Å²) in [4.78, 5) is 24.8. The highest BCUT2D eigenvalue weighted by atomic mass is 35.5. The molecule has 3 rings (SSSR count). The second-order valence-corrected chi connectivity index (χ2v) is 5.51.